The fourth-order valence-corrected chi connectivity index (χ4v) is 4.46. The first-order valence-electron chi connectivity index (χ1n) is 8.71. The van der Waals surface area contributed by atoms with Gasteiger partial charge in [-0.25, -0.2) is 0 Å². The summed E-state index contributed by atoms with van der Waals surface area (Å²) in [5.74, 6) is -0.0567. The number of aldehydes is 1. The Kier molecular flexibility index (Phi) is 4.37. The van der Waals surface area contributed by atoms with Crippen LogP contribution in [0.5, 0.6) is 0 Å². The van der Waals surface area contributed by atoms with Gasteiger partial charge in [0.15, 0.2) is 0 Å². The predicted molar refractivity (Wildman–Crippen MR) is 90.9 cm³/mol. The standard InChI is InChI=1S/C20H28O3/c1-12(2)9-14-10-15(11-21)16-7-8-20(4)17(23-20)6-5-13(3)18(16)19(14)22/h9-11,14,16-19,22H,3,5-8H2,1-2,4H3/t14-,16-,17+,18+,19+,20+/m1/s1. The Bertz CT molecular complexity index is 569. The summed E-state index contributed by atoms with van der Waals surface area (Å²) in [4.78, 5) is 11.7. The van der Waals surface area contributed by atoms with Gasteiger partial charge in [0.25, 0.3) is 0 Å². The maximum Gasteiger partial charge on any atom is 0.146 e. The number of aliphatic hydroxyl groups excluding tert-OH is 1. The number of ether oxygens (including phenoxy) is 1. The molecule has 3 heteroatoms. The molecule has 0 amide bonds. The van der Waals surface area contributed by atoms with Crippen molar-refractivity contribution in [1.29, 1.82) is 0 Å². The average Bonchev–Trinajstić information content (AvgIpc) is 3.14. The summed E-state index contributed by atoms with van der Waals surface area (Å²) in [5, 5.41) is 10.9. The maximum absolute atomic E-state index is 11.7. The lowest BCUT2D eigenvalue weighted by atomic mass is 9.67. The van der Waals surface area contributed by atoms with Crippen molar-refractivity contribution in [2.45, 2.75) is 64.3 Å². The summed E-state index contributed by atoms with van der Waals surface area (Å²) in [6, 6.07) is 0. The molecule has 1 aliphatic heterocycles. The van der Waals surface area contributed by atoms with Crippen molar-refractivity contribution in [3.05, 3.63) is 35.5 Å². The number of aliphatic hydroxyl groups is 1. The van der Waals surface area contributed by atoms with E-state index >= 15 is 0 Å². The minimum atomic E-state index is -0.491. The van der Waals surface area contributed by atoms with Crippen LogP contribution < -0.4 is 0 Å². The molecule has 6 atom stereocenters. The van der Waals surface area contributed by atoms with E-state index in [9.17, 15) is 9.90 Å². The Labute approximate surface area is 139 Å². The molecule has 3 nitrogen and oxygen atoms in total. The third-order valence-electron chi connectivity index (χ3n) is 5.86. The Morgan fingerprint density at radius 3 is 2.83 bits per heavy atom. The molecule has 3 aliphatic rings. The smallest absolute Gasteiger partial charge is 0.146 e. The first-order chi connectivity index (χ1) is 10.9. The van der Waals surface area contributed by atoms with E-state index in [2.05, 4.69) is 19.6 Å². The molecule has 0 aromatic carbocycles. The van der Waals surface area contributed by atoms with Crippen LogP contribution in [0, 0.1) is 17.8 Å². The summed E-state index contributed by atoms with van der Waals surface area (Å²) >= 11 is 0. The second-order valence-electron chi connectivity index (χ2n) is 7.88. The Morgan fingerprint density at radius 2 is 2.17 bits per heavy atom. The zero-order valence-electron chi connectivity index (χ0n) is 14.4. The second-order valence-corrected chi connectivity index (χ2v) is 7.88. The van der Waals surface area contributed by atoms with Gasteiger partial charge in [0.05, 0.1) is 17.8 Å². The SMILES string of the molecule is C=C1CC[C@@H]2O[C@@]2(C)CC[C@@H]2C(C=O)=C[C@@H](C=C(C)C)[C@H](O)[C@@H]12. The fourth-order valence-electron chi connectivity index (χ4n) is 4.46. The number of rotatable bonds is 2. The van der Waals surface area contributed by atoms with Crippen LogP contribution in [0.25, 0.3) is 0 Å². The molecule has 1 heterocycles. The lowest BCUT2D eigenvalue weighted by Crippen LogP contribution is -2.39. The van der Waals surface area contributed by atoms with Gasteiger partial charge in [0.2, 0.25) is 0 Å². The lowest BCUT2D eigenvalue weighted by Gasteiger charge is -2.39. The summed E-state index contributed by atoms with van der Waals surface area (Å²) < 4.78 is 5.86. The van der Waals surface area contributed by atoms with Gasteiger partial charge in [-0.3, -0.25) is 4.79 Å². The highest BCUT2D eigenvalue weighted by molar-refractivity contribution is 5.75. The number of hydrogen-bond acceptors (Lipinski definition) is 3. The highest BCUT2D eigenvalue weighted by atomic mass is 16.6. The lowest BCUT2D eigenvalue weighted by molar-refractivity contribution is -0.106. The molecule has 23 heavy (non-hydrogen) atoms. The van der Waals surface area contributed by atoms with Crippen LogP contribution in [-0.2, 0) is 9.53 Å². The van der Waals surface area contributed by atoms with Gasteiger partial charge in [-0.05, 0) is 57.9 Å². The van der Waals surface area contributed by atoms with Gasteiger partial charge in [0.1, 0.15) is 6.29 Å². The minimum absolute atomic E-state index is 0.0260. The molecule has 0 spiro atoms. The van der Waals surface area contributed by atoms with Crippen molar-refractivity contribution >= 4 is 6.29 Å². The molecule has 1 saturated carbocycles. The first kappa shape index (κ1) is 16.7. The normalized spacial score (nSPS) is 43.0. The molecule has 0 bridgehead atoms. The quantitative estimate of drug-likeness (QED) is 0.481. The molecular formula is C20H28O3. The van der Waals surface area contributed by atoms with Gasteiger partial charge in [-0.1, -0.05) is 29.9 Å². The van der Waals surface area contributed by atoms with E-state index in [4.69, 9.17) is 4.74 Å². The van der Waals surface area contributed by atoms with Gasteiger partial charge in [-0.2, -0.15) is 0 Å². The topological polar surface area (TPSA) is 49.8 Å². The minimum Gasteiger partial charge on any atom is -0.392 e. The zero-order chi connectivity index (χ0) is 16.8. The monoisotopic (exact) mass is 316 g/mol. The molecule has 0 aromatic rings. The van der Waals surface area contributed by atoms with Gasteiger partial charge in [-0.15, -0.1) is 0 Å². The zero-order valence-corrected chi connectivity index (χ0v) is 14.4. The van der Waals surface area contributed by atoms with Crippen molar-refractivity contribution in [2.75, 3.05) is 0 Å². The number of epoxide rings is 1. The van der Waals surface area contributed by atoms with Crippen molar-refractivity contribution in [3.8, 4) is 0 Å². The van der Waals surface area contributed by atoms with Crippen molar-refractivity contribution < 1.29 is 14.6 Å². The Balaban J connectivity index is 1.95. The van der Waals surface area contributed by atoms with Crippen LogP contribution in [0.3, 0.4) is 0 Å². The summed E-state index contributed by atoms with van der Waals surface area (Å²) in [6.07, 6.45) is 8.48. The summed E-state index contributed by atoms with van der Waals surface area (Å²) in [6.45, 7) is 10.5. The molecule has 2 fully saturated rings. The van der Waals surface area contributed by atoms with Crippen molar-refractivity contribution in [2.24, 2.45) is 17.8 Å². The van der Waals surface area contributed by atoms with Gasteiger partial charge >= 0.3 is 0 Å². The number of allylic oxidation sites excluding steroid dienone is 2. The highest BCUT2D eigenvalue weighted by Crippen LogP contribution is 2.50. The summed E-state index contributed by atoms with van der Waals surface area (Å²) in [7, 11) is 0. The molecule has 126 valence electrons. The van der Waals surface area contributed by atoms with Crippen LogP contribution >= 0.6 is 0 Å². The maximum atomic E-state index is 11.7. The third-order valence-corrected chi connectivity index (χ3v) is 5.86. The summed E-state index contributed by atoms with van der Waals surface area (Å²) in [5.41, 5.74) is 3.02. The molecule has 0 aromatic heterocycles. The van der Waals surface area contributed by atoms with E-state index in [1.807, 2.05) is 19.9 Å². The molecule has 2 aliphatic carbocycles. The van der Waals surface area contributed by atoms with Crippen molar-refractivity contribution in [3.63, 3.8) is 0 Å². The number of carbonyl (C=O) groups excluding carboxylic acids is 1. The average molecular weight is 316 g/mol. The van der Waals surface area contributed by atoms with E-state index in [0.29, 0.717) is 6.10 Å². The first-order valence-corrected chi connectivity index (χ1v) is 8.71. The Hall–Kier alpha value is -1.19. The molecule has 1 saturated heterocycles. The van der Waals surface area contributed by atoms with Crippen molar-refractivity contribution in [1.82, 2.24) is 0 Å². The van der Waals surface area contributed by atoms with E-state index in [0.717, 1.165) is 48.7 Å². The van der Waals surface area contributed by atoms with E-state index in [1.54, 1.807) is 0 Å². The third kappa shape index (κ3) is 3.09. The highest BCUT2D eigenvalue weighted by Gasteiger charge is 2.53. The molecule has 0 unspecified atom stereocenters. The van der Waals surface area contributed by atoms with Crippen LogP contribution in [0.2, 0.25) is 0 Å². The van der Waals surface area contributed by atoms with E-state index in [1.165, 1.54) is 0 Å². The molecule has 0 radical (unpaired) electrons. The molecular weight excluding hydrogens is 288 g/mol. The van der Waals surface area contributed by atoms with Crippen LogP contribution in [-0.4, -0.2) is 29.2 Å². The largest absolute Gasteiger partial charge is 0.392 e. The molecule has 1 N–H and O–H groups in total. The fraction of sp³-hybridized carbons (Fsp3) is 0.650. The van der Waals surface area contributed by atoms with E-state index < -0.39 is 6.10 Å². The van der Waals surface area contributed by atoms with Gasteiger partial charge < -0.3 is 9.84 Å². The number of carbonyl (C=O) groups is 1. The van der Waals surface area contributed by atoms with Crippen LogP contribution in [0.1, 0.15) is 46.5 Å². The predicted octanol–water partition coefficient (Wildman–Crippen LogP) is 3.59. The van der Waals surface area contributed by atoms with Crippen LogP contribution in [0.15, 0.2) is 35.5 Å². The molecule has 3 rings (SSSR count). The van der Waals surface area contributed by atoms with Crippen LogP contribution in [0.4, 0.5) is 0 Å². The Morgan fingerprint density at radius 1 is 1.43 bits per heavy atom. The van der Waals surface area contributed by atoms with E-state index in [-0.39, 0.29) is 23.4 Å². The number of fused-ring (bicyclic) bond motifs is 2. The number of hydrogen-bond donors (Lipinski definition) is 1. The second kappa shape index (κ2) is 6.03. The van der Waals surface area contributed by atoms with Gasteiger partial charge in [0, 0.05) is 11.8 Å².